The molecule has 0 aliphatic rings. The maximum atomic E-state index is 4.64. The van der Waals surface area contributed by atoms with Gasteiger partial charge in [0.1, 0.15) is 0 Å². The molecule has 0 bridgehead atoms. The summed E-state index contributed by atoms with van der Waals surface area (Å²) in [7, 11) is 2.01. The highest BCUT2D eigenvalue weighted by Gasteiger charge is 2.20. The minimum absolute atomic E-state index is 0.262. The molecule has 1 unspecified atom stereocenters. The molecule has 5 nitrogen and oxygen atoms in total. The summed E-state index contributed by atoms with van der Waals surface area (Å²) in [5.41, 5.74) is 3.59. The first-order valence-corrected chi connectivity index (χ1v) is 8.54. The van der Waals surface area contributed by atoms with Crippen LogP contribution in [0.25, 0.3) is 0 Å². The van der Waals surface area contributed by atoms with Gasteiger partial charge in [0.2, 0.25) is 0 Å². The van der Waals surface area contributed by atoms with E-state index < -0.39 is 0 Å². The minimum atomic E-state index is 0.262. The zero-order valence-corrected chi connectivity index (χ0v) is 14.2. The number of aromatic nitrogens is 4. The molecule has 0 aliphatic heterocycles. The molecule has 116 valence electrons. The lowest BCUT2D eigenvalue weighted by atomic mass is 10.1. The Kier molecular flexibility index (Phi) is 5.87. The molecule has 2 aromatic heterocycles. The first-order valence-electron chi connectivity index (χ1n) is 7.77. The van der Waals surface area contributed by atoms with Gasteiger partial charge in [-0.05, 0) is 44.4 Å². The van der Waals surface area contributed by atoms with E-state index in [4.69, 9.17) is 0 Å². The second kappa shape index (κ2) is 7.66. The van der Waals surface area contributed by atoms with Crippen molar-refractivity contribution in [1.82, 2.24) is 24.7 Å². The minimum Gasteiger partial charge on any atom is -0.312 e. The van der Waals surface area contributed by atoms with E-state index in [2.05, 4.69) is 51.5 Å². The molecule has 0 saturated heterocycles. The molecule has 21 heavy (non-hydrogen) atoms. The van der Waals surface area contributed by atoms with E-state index in [0.717, 1.165) is 43.6 Å². The molecule has 0 aliphatic carbocycles. The second-order valence-corrected chi connectivity index (χ2v) is 5.96. The van der Waals surface area contributed by atoms with Gasteiger partial charge in [0.15, 0.2) is 0 Å². The predicted octanol–water partition coefficient (Wildman–Crippen LogP) is 2.77. The van der Waals surface area contributed by atoms with E-state index in [-0.39, 0.29) is 6.04 Å². The van der Waals surface area contributed by atoms with E-state index in [1.807, 2.05) is 7.05 Å². The van der Waals surface area contributed by atoms with Gasteiger partial charge in [-0.1, -0.05) is 24.8 Å². The number of aryl methyl sites for hydroxylation is 3. The summed E-state index contributed by atoms with van der Waals surface area (Å²) in [6.07, 6.45) is 4.00. The van der Waals surface area contributed by atoms with Gasteiger partial charge in [-0.15, -0.1) is 5.10 Å². The molecular weight excluding hydrogens is 282 g/mol. The van der Waals surface area contributed by atoms with Gasteiger partial charge in [-0.2, -0.15) is 5.10 Å². The van der Waals surface area contributed by atoms with Crippen molar-refractivity contribution in [3.8, 4) is 0 Å². The number of nitrogens with zero attached hydrogens (tertiary/aromatic N) is 4. The van der Waals surface area contributed by atoms with Gasteiger partial charge < -0.3 is 5.32 Å². The summed E-state index contributed by atoms with van der Waals surface area (Å²) in [6, 6.07) is 2.49. The molecule has 1 N–H and O–H groups in total. The zero-order chi connectivity index (χ0) is 15.2. The predicted molar refractivity (Wildman–Crippen MR) is 86.7 cm³/mol. The Bertz CT molecular complexity index is 560. The summed E-state index contributed by atoms with van der Waals surface area (Å²) in [6.45, 7) is 7.38. The lowest BCUT2D eigenvalue weighted by molar-refractivity contribution is 0.542. The number of hydrogen-bond acceptors (Lipinski definition) is 5. The van der Waals surface area contributed by atoms with Gasteiger partial charge in [-0.25, -0.2) is 0 Å². The average molecular weight is 307 g/mol. The maximum absolute atomic E-state index is 4.64. The third-order valence-corrected chi connectivity index (χ3v) is 4.61. The van der Waals surface area contributed by atoms with Crippen molar-refractivity contribution >= 4 is 11.5 Å². The number of nitrogens with one attached hydrogen (secondary N) is 1. The largest absolute Gasteiger partial charge is 0.312 e. The van der Waals surface area contributed by atoms with Crippen LogP contribution in [0, 0.1) is 0 Å². The molecule has 2 rings (SSSR count). The van der Waals surface area contributed by atoms with Crippen LogP contribution in [0.1, 0.15) is 55.2 Å². The van der Waals surface area contributed by atoms with E-state index in [0.29, 0.717) is 0 Å². The highest BCUT2D eigenvalue weighted by atomic mass is 32.1. The Morgan fingerprint density at radius 2 is 2.14 bits per heavy atom. The lowest BCUT2D eigenvalue weighted by Crippen LogP contribution is -2.20. The monoisotopic (exact) mass is 307 g/mol. The Hall–Kier alpha value is -1.27. The Morgan fingerprint density at radius 3 is 2.76 bits per heavy atom. The van der Waals surface area contributed by atoms with Crippen molar-refractivity contribution in [3.63, 3.8) is 0 Å². The third kappa shape index (κ3) is 3.68. The standard InChI is InChI=1S/C15H25N5S/c1-5-8-13-15(21-19-17-13)14(16-4)10-12-9-11(6-2)18-20(12)7-3/h9,14,16H,5-8,10H2,1-4H3. The van der Waals surface area contributed by atoms with Gasteiger partial charge >= 0.3 is 0 Å². The lowest BCUT2D eigenvalue weighted by Gasteiger charge is -2.16. The molecule has 6 heteroatoms. The molecular formula is C15H25N5S. The van der Waals surface area contributed by atoms with Crippen LogP contribution in [-0.2, 0) is 25.8 Å². The topological polar surface area (TPSA) is 55.6 Å². The Morgan fingerprint density at radius 1 is 1.33 bits per heavy atom. The van der Waals surface area contributed by atoms with E-state index in [1.54, 1.807) is 0 Å². The SMILES string of the molecule is CCCc1nnsc1C(Cc1cc(CC)nn1CC)NC. The molecule has 2 heterocycles. The van der Waals surface area contributed by atoms with Gasteiger partial charge in [0.25, 0.3) is 0 Å². The highest BCUT2D eigenvalue weighted by molar-refractivity contribution is 7.05. The number of hydrogen-bond donors (Lipinski definition) is 1. The van der Waals surface area contributed by atoms with Crippen molar-refractivity contribution in [3.05, 3.63) is 28.0 Å². The van der Waals surface area contributed by atoms with Crippen LogP contribution in [0.3, 0.4) is 0 Å². The van der Waals surface area contributed by atoms with Crippen LogP contribution in [0.15, 0.2) is 6.07 Å². The fourth-order valence-electron chi connectivity index (χ4n) is 2.55. The molecule has 1 atom stereocenters. The summed E-state index contributed by atoms with van der Waals surface area (Å²) >= 11 is 1.51. The first-order chi connectivity index (χ1) is 10.2. The van der Waals surface area contributed by atoms with Gasteiger partial charge in [0, 0.05) is 18.7 Å². The van der Waals surface area contributed by atoms with Crippen LogP contribution < -0.4 is 5.32 Å². The number of rotatable bonds is 8. The third-order valence-electron chi connectivity index (χ3n) is 3.73. The molecule has 0 fully saturated rings. The van der Waals surface area contributed by atoms with Crippen LogP contribution in [0.5, 0.6) is 0 Å². The molecule has 0 aromatic carbocycles. The van der Waals surface area contributed by atoms with Crippen LogP contribution in [0.4, 0.5) is 0 Å². The summed E-state index contributed by atoms with van der Waals surface area (Å²) in [4.78, 5) is 1.27. The molecule has 0 radical (unpaired) electrons. The smallest absolute Gasteiger partial charge is 0.0803 e. The van der Waals surface area contributed by atoms with Crippen molar-refractivity contribution in [2.75, 3.05) is 7.05 Å². The molecule has 2 aromatic rings. The fraction of sp³-hybridized carbons (Fsp3) is 0.667. The van der Waals surface area contributed by atoms with Crippen molar-refractivity contribution in [2.24, 2.45) is 0 Å². The van der Waals surface area contributed by atoms with Crippen LogP contribution in [0.2, 0.25) is 0 Å². The summed E-state index contributed by atoms with van der Waals surface area (Å²) in [5, 5.41) is 12.3. The van der Waals surface area contributed by atoms with Crippen LogP contribution >= 0.6 is 11.5 Å². The van der Waals surface area contributed by atoms with E-state index in [9.17, 15) is 0 Å². The second-order valence-electron chi connectivity index (χ2n) is 5.18. The molecule has 0 spiro atoms. The normalized spacial score (nSPS) is 12.8. The molecule has 0 amide bonds. The van der Waals surface area contributed by atoms with Crippen molar-refractivity contribution in [2.45, 2.75) is 59.0 Å². The Balaban J connectivity index is 2.22. The van der Waals surface area contributed by atoms with Crippen molar-refractivity contribution < 1.29 is 0 Å². The molecule has 0 saturated carbocycles. The van der Waals surface area contributed by atoms with Crippen LogP contribution in [-0.4, -0.2) is 26.4 Å². The summed E-state index contributed by atoms with van der Waals surface area (Å²) in [5.74, 6) is 0. The first kappa shape index (κ1) is 16.1. The van der Waals surface area contributed by atoms with E-state index >= 15 is 0 Å². The van der Waals surface area contributed by atoms with E-state index in [1.165, 1.54) is 22.1 Å². The highest BCUT2D eigenvalue weighted by Crippen LogP contribution is 2.25. The van der Waals surface area contributed by atoms with Gasteiger partial charge in [0.05, 0.1) is 22.3 Å². The Labute approximate surface area is 130 Å². The maximum Gasteiger partial charge on any atom is 0.0803 e. The van der Waals surface area contributed by atoms with Crippen molar-refractivity contribution in [1.29, 1.82) is 0 Å². The zero-order valence-electron chi connectivity index (χ0n) is 13.4. The average Bonchev–Trinajstić information content (AvgIpc) is 3.11. The fourth-order valence-corrected chi connectivity index (χ4v) is 3.36. The van der Waals surface area contributed by atoms with Gasteiger partial charge in [-0.3, -0.25) is 4.68 Å². The quantitative estimate of drug-likeness (QED) is 0.815. The number of likely N-dealkylation sites (N-methyl/N-ethyl adjacent to an activating group) is 1. The summed E-state index contributed by atoms with van der Waals surface area (Å²) < 4.78 is 6.25.